The van der Waals surface area contributed by atoms with Crippen molar-refractivity contribution < 1.29 is 28.2 Å². The summed E-state index contributed by atoms with van der Waals surface area (Å²) in [7, 11) is -0.353. The molecule has 2 N–H and O–H groups in total. The third-order valence-corrected chi connectivity index (χ3v) is 8.49. The second-order valence-electron chi connectivity index (χ2n) is 10.4. The molecule has 3 rings (SSSR count). The number of carbonyl (C=O) groups is 3. The average Bonchev–Trinajstić information content (AvgIpc) is 3.23. The van der Waals surface area contributed by atoms with Crippen LogP contribution in [0.25, 0.3) is 0 Å². The molecule has 0 saturated heterocycles. The molecular weight excluding hydrogens is 551 g/mol. The van der Waals surface area contributed by atoms with E-state index in [1.165, 1.54) is 12.7 Å². The fraction of sp³-hybridized carbons (Fsp3) is 0.424. The Morgan fingerprint density at radius 2 is 1.67 bits per heavy atom. The van der Waals surface area contributed by atoms with Gasteiger partial charge in [0.05, 0.1) is 25.2 Å². The minimum atomic E-state index is -1.76. The molecular formula is C33H42N2O6P+. The van der Waals surface area contributed by atoms with Crippen molar-refractivity contribution in [1.82, 2.24) is 4.57 Å². The van der Waals surface area contributed by atoms with Crippen LogP contribution in [0.1, 0.15) is 89.4 Å². The monoisotopic (exact) mass is 593 g/mol. The number of carbonyl (C=O) groups excluding carboxylic acids is 3. The largest absolute Gasteiger partial charge is 0.507 e. The quantitative estimate of drug-likeness (QED) is 0.0649. The first-order valence-electron chi connectivity index (χ1n) is 14.5. The zero-order valence-electron chi connectivity index (χ0n) is 25.1. The van der Waals surface area contributed by atoms with Gasteiger partial charge in [0.15, 0.2) is 6.16 Å². The summed E-state index contributed by atoms with van der Waals surface area (Å²) in [5.74, 6) is -3.09. The highest BCUT2D eigenvalue weighted by atomic mass is 31.1. The number of Topliss-reactive ketones (excluding diaryl/α,β-unsaturated/α-hetero) is 1. The molecule has 1 heterocycles. The van der Waals surface area contributed by atoms with Gasteiger partial charge in [0.1, 0.15) is 0 Å². The zero-order valence-corrected chi connectivity index (χ0v) is 26.0. The van der Waals surface area contributed by atoms with E-state index < -0.39 is 31.6 Å². The summed E-state index contributed by atoms with van der Waals surface area (Å²) in [5.41, 5.74) is 11.1. The van der Waals surface area contributed by atoms with Gasteiger partial charge in [-0.1, -0.05) is 67.9 Å². The molecule has 0 fully saturated rings. The predicted molar refractivity (Wildman–Crippen MR) is 164 cm³/mol. The second-order valence-corrected chi connectivity index (χ2v) is 11.8. The fourth-order valence-corrected chi connectivity index (χ4v) is 6.15. The molecule has 224 valence electrons. The Morgan fingerprint density at radius 3 is 2.31 bits per heavy atom. The van der Waals surface area contributed by atoms with Gasteiger partial charge in [0.25, 0.3) is 11.7 Å². The molecule has 0 bridgehead atoms. The number of unbranched alkanes of at least 4 members (excludes halogenated alkanes) is 1. The summed E-state index contributed by atoms with van der Waals surface area (Å²) in [4.78, 5) is 39.0. The molecule has 3 aromatic rings. The summed E-state index contributed by atoms with van der Waals surface area (Å²) in [6.45, 7) is 6.27. The smallest absolute Gasteiger partial charge is 0.466 e. The van der Waals surface area contributed by atoms with Gasteiger partial charge >= 0.3 is 14.0 Å². The lowest BCUT2D eigenvalue weighted by atomic mass is 9.88. The van der Waals surface area contributed by atoms with E-state index in [0.29, 0.717) is 49.6 Å². The van der Waals surface area contributed by atoms with E-state index >= 15 is 0 Å². The second kappa shape index (κ2) is 16.1. The van der Waals surface area contributed by atoms with E-state index in [1.807, 2.05) is 48.7 Å². The molecule has 0 aliphatic heterocycles. The van der Waals surface area contributed by atoms with Gasteiger partial charge in [-0.05, 0) is 72.8 Å². The maximum Gasteiger partial charge on any atom is 0.507 e. The van der Waals surface area contributed by atoms with Gasteiger partial charge in [-0.15, -0.1) is 4.52 Å². The highest BCUT2D eigenvalue weighted by Gasteiger charge is 2.35. The van der Waals surface area contributed by atoms with Gasteiger partial charge in [-0.3, -0.25) is 14.4 Å². The van der Waals surface area contributed by atoms with Crippen LogP contribution in [0.3, 0.4) is 0 Å². The molecule has 2 aromatic carbocycles. The van der Waals surface area contributed by atoms with Crippen molar-refractivity contribution in [1.29, 1.82) is 0 Å². The highest BCUT2D eigenvalue weighted by molar-refractivity contribution is 7.39. The minimum absolute atomic E-state index is 0.180. The van der Waals surface area contributed by atoms with Gasteiger partial charge in [-0.2, -0.15) is 0 Å². The maximum absolute atomic E-state index is 13.4. The lowest BCUT2D eigenvalue weighted by Gasteiger charge is -2.18. The van der Waals surface area contributed by atoms with E-state index in [9.17, 15) is 18.9 Å². The maximum atomic E-state index is 13.4. The normalized spacial score (nSPS) is 12.1. The number of benzene rings is 2. The number of hydrogen-bond donors (Lipinski definition) is 1. The van der Waals surface area contributed by atoms with Crippen molar-refractivity contribution >= 4 is 25.7 Å². The summed E-state index contributed by atoms with van der Waals surface area (Å²) < 4.78 is 24.2. The highest BCUT2D eigenvalue weighted by Crippen LogP contribution is 2.36. The van der Waals surface area contributed by atoms with E-state index in [-0.39, 0.29) is 12.2 Å². The number of rotatable bonds is 17. The Balaban J connectivity index is 2.09. The Bertz CT molecular complexity index is 1400. The average molecular weight is 594 g/mol. The molecule has 2 unspecified atom stereocenters. The van der Waals surface area contributed by atoms with Gasteiger partial charge < -0.3 is 15.0 Å². The van der Waals surface area contributed by atoms with Gasteiger partial charge in [0, 0.05) is 17.9 Å². The molecule has 0 aliphatic carbocycles. The molecule has 0 aliphatic rings. The fourth-order valence-electron chi connectivity index (χ4n) is 5.49. The van der Waals surface area contributed by atoms with E-state index in [0.717, 1.165) is 29.7 Å². The van der Waals surface area contributed by atoms with E-state index in [2.05, 4.69) is 24.3 Å². The number of hydrogen-bond acceptors (Lipinski definition) is 6. The summed E-state index contributed by atoms with van der Waals surface area (Å²) >= 11 is 0. The van der Waals surface area contributed by atoms with Crippen molar-refractivity contribution in [3.63, 3.8) is 0 Å². The molecule has 1 aromatic heterocycles. The van der Waals surface area contributed by atoms with Crippen molar-refractivity contribution in [2.24, 2.45) is 5.73 Å². The van der Waals surface area contributed by atoms with Crippen LogP contribution < -0.4 is 5.73 Å². The number of nitrogens with zero attached hydrogens (tertiary/aromatic N) is 1. The number of aromatic nitrogens is 1. The number of ether oxygens (including phenoxy) is 1. The Hall–Kier alpha value is -3.61. The molecule has 0 saturated carbocycles. The molecule has 0 spiro atoms. The first kappa shape index (κ1) is 32.9. The van der Waals surface area contributed by atoms with Gasteiger partial charge in [0.2, 0.25) is 0 Å². The Labute approximate surface area is 249 Å². The van der Waals surface area contributed by atoms with Crippen LogP contribution >= 0.6 is 8.03 Å². The SMILES string of the molecule is CCCc1c(C(=O)C(N)=O)c(C(CCCC[P+](=O)OC)C(=O)OCC)c(C)n1Cc1cccc(Cc2ccccc2)c1. The van der Waals surface area contributed by atoms with Crippen LogP contribution in [0.4, 0.5) is 0 Å². The molecule has 0 radical (unpaired) electrons. The van der Waals surface area contributed by atoms with Gasteiger partial charge in [-0.25, -0.2) is 0 Å². The summed E-state index contributed by atoms with van der Waals surface area (Å²) in [5, 5.41) is 0. The standard InChI is InChI=1S/C33H41N2O6P/c1-5-13-28-30(31(36)32(34)37)29(27(33(38)41-6-2)18-10-11-19-42(39)40-4)23(3)35(28)22-26-17-12-16-25(21-26)20-24-14-8-7-9-15-24/h7-9,12,14-17,21,27H,5-6,10-11,13,18-20,22H2,1-4H3,(H-,34,37)/p+1. The summed E-state index contributed by atoms with van der Waals surface area (Å²) in [6, 6.07) is 18.5. The Morgan fingerprint density at radius 1 is 0.976 bits per heavy atom. The zero-order chi connectivity index (χ0) is 30.6. The molecule has 1 amide bonds. The topological polar surface area (TPSA) is 118 Å². The van der Waals surface area contributed by atoms with Crippen LogP contribution in [0.5, 0.6) is 0 Å². The minimum Gasteiger partial charge on any atom is -0.466 e. The summed E-state index contributed by atoms with van der Waals surface area (Å²) in [6.07, 6.45) is 3.92. The number of amides is 1. The first-order chi connectivity index (χ1) is 20.2. The number of esters is 1. The van der Waals surface area contributed by atoms with Crippen molar-refractivity contribution in [2.75, 3.05) is 19.9 Å². The van der Waals surface area contributed by atoms with E-state index in [1.54, 1.807) is 6.92 Å². The van der Waals surface area contributed by atoms with Crippen LogP contribution in [0.2, 0.25) is 0 Å². The van der Waals surface area contributed by atoms with Crippen LogP contribution in [-0.2, 0) is 42.8 Å². The molecule has 42 heavy (non-hydrogen) atoms. The van der Waals surface area contributed by atoms with Crippen molar-refractivity contribution in [2.45, 2.75) is 71.8 Å². The van der Waals surface area contributed by atoms with Crippen LogP contribution in [0, 0.1) is 6.92 Å². The predicted octanol–water partition coefficient (Wildman–Crippen LogP) is 6.26. The van der Waals surface area contributed by atoms with Crippen molar-refractivity contribution in [3.05, 3.63) is 93.8 Å². The molecule has 2 atom stereocenters. The number of nitrogens with two attached hydrogens (primary N) is 1. The van der Waals surface area contributed by atoms with Crippen LogP contribution in [0.15, 0.2) is 54.6 Å². The lowest BCUT2D eigenvalue weighted by Crippen LogP contribution is -2.27. The molecule has 8 nitrogen and oxygen atoms in total. The number of primary amides is 1. The van der Waals surface area contributed by atoms with E-state index in [4.69, 9.17) is 15.0 Å². The van der Waals surface area contributed by atoms with Crippen LogP contribution in [-0.4, -0.2) is 42.1 Å². The first-order valence-corrected chi connectivity index (χ1v) is 15.9. The number of ketones is 1. The Kier molecular flexibility index (Phi) is 12.6. The van der Waals surface area contributed by atoms with Crippen molar-refractivity contribution in [3.8, 4) is 0 Å². The molecule has 9 heteroatoms. The third kappa shape index (κ3) is 8.46. The lowest BCUT2D eigenvalue weighted by molar-refractivity contribution is -0.145. The third-order valence-electron chi connectivity index (χ3n) is 7.41.